The van der Waals surface area contributed by atoms with Crippen LogP contribution in [0.4, 0.5) is 0 Å². The minimum atomic E-state index is 0.312. The molecule has 1 aromatic carbocycles. The molecule has 1 heterocycles. The minimum Gasteiger partial charge on any atom is -0.243 e. The molecule has 4 nitrogen and oxygen atoms in total. The minimum absolute atomic E-state index is 0.312. The van der Waals surface area contributed by atoms with Gasteiger partial charge in [0.05, 0.1) is 5.02 Å². The van der Waals surface area contributed by atoms with Crippen molar-refractivity contribution in [3.8, 4) is 17.3 Å². The first-order chi connectivity index (χ1) is 8.27. The SMILES string of the molecule is CCCn1nnc(C#N)c1-c1ccccc1Cl. The van der Waals surface area contributed by atoms with Gasteiger partial charge in [0.15, 0.2) is 5.69 Å². The second-order valence-corrected chi connectivity index (χ2v) is 4.01. The molecule has 2 rings (SSSR count). The van der Waals surface area contributed by atoms with E-state index in [0.29, 0.717) is 16.4 Å². The quantitative estimate of drug-likeness (QED) is 0.837. The topological polar surface area (TPSA) is 54.5 Å². The number of nitriles is 1. The molecule has 1 aromatic heterocycles. The van der Waals surface area contributed by atoms with Gasteiger partial charge in [-0.25, -0.2) is 4.68 Å². The van der Waals surface area contributed by atoms with Crippen molar-refractivity contribution in [2.75, 3.05) is 0 Å². The standard InChI is InChI=1S/C12H11ClN4/c1-2-7-17-12(11(8-14)15-16-17)9-5-3-4-6-10(9)13/h3-6H,2,7H2,1H3. The van der Waals surface area contributed by atoms with E-state index in [2.05, 4.69) is 10.3 Å². The van der Waals surface area contributed by atoms with E-state index in [-0.39, 0.29) is 0 Å². The number of rotatable bonds is 3. The van der Waals surface area contributed by atoms with E-state index in [9.17, 15) is 0 Å². The van der Waals surface area contributed by atoms with Crippen LogP contribution in [0, 0.1) is 11.3 Å². The number of halogens is 1. The van der Waals surface area contributed by atoms with Crippen LogP contribution in [-0.4, -0.2) is 15.0 Å². The summed E-state index contributed by atoms with van der Waals surface area (Å²) in [4.78, 5) is 0. The van der Waals surface area contributed by atoms with E-state index in [1.165, 1.54) is 0 Å². The van der Waals surface area contributed by atoms with Gasteiger partial charge in [-0.05, 0) is 12.5 Å². The number of aryl methyl sites for hydroxylation is 1. The maximum Gasteiger partial charge on any atom is 0.190 e. The third-order valence-electron chi connectivity index (χ3n) is 2.41. The first-order valence-corrected chi connectivity index (χ1v) is 5.74. The number of hydrogen-bond donors (Lipinski definition) is 0. The Kier molecular flexibility index (Phi) is 3.40. The maximum atomic E-state index is 9.04. The van der Waals surface area contributed by atoms with Crippen LogP contribution in [0.3, 0.4) is 0 Å². The highest BCUT2D eigenvalue weighted by Crippen LogP contribution is 2.29. The molecule has 0 N–H and O–H groups in total. The van der Waals surface area contributed by atoms with Gasteiger partial charge in [-0.15, -0.1) is 5.10 Å². The van der Waals surface area contributed by atoms with Crippen LogP contribution in [0.5, 0.6) is 0 Å². The summed E-state index contributed by atoms with van der Waals surface area (Å²) >= 11 is 6.14. The fourth-order valence-electron chi connectivity index (χ4n) is 1.68. The summed E-state index contributed by atoms with van der Waals surface area (Å²) in [5.41, 5.74) is 1.80. The molecule has 0 aliphatic rings. The molecule has 17 heavy (non-hydrogen) atoms. The van der Waals surface area contributed by atoms with Crippen molar-refractivity contribution in [1.82, 2.24) is 15.0 Å². The molecule has 0 atom stereocenters. The predicted octanol–water partition coefficient (Wildman–Crippen LogP) is 2.88. The highest BCUT2D eigenvalue weighted by atomic mass is 35.5. The molecule has 0 saturated heterocycles. The second-order valence-electron chi connectivity index (χ2n) is 3.60. The molecule has 0 saturated carbocycles. The van der Waals surface area contributed by atoms with Crippen molar-refractivity contribution in [2.24, 2.45) is 0 Å². The molecule has 0 amide bonds. The van der Waals surface area contributed by atoms with Crippen molar-refractivity contribution in [3.63, 3.8) is 0 Å². The molecule has 0 aliphatic carbocycles. The molecule has 0 unspecified atom stereocenters. The summed E-state index contributed by atoms with van der Waals surface area (Å²) in [6.07, 6.45) is 0.922. The van der Waals surface area contributed by atoms with E-state index in [1.807, 2.05) is 31.2 Å². The Balaban J connectivity index is 2.61. The van der Waals surface area contributed by atoms with Gasteiger partial charge in [-0.3, -0.25) is 0 Å². The smallest absolute Gasteiger partial charge is 0.190 e. The first kappa shape index (κ1) is 11.6. The molecule has 0 bridgehead atoms. The summed E-state index contributed by atoms with van der Waals surface area (Å²) in [7, 11) is 0. The summed E-state index contributed by atoms with van der Waals surface area (Å²) < 4.78 is 1.72. The fourth-order valence-corrected chi connectivity index (χ4v) is 1.90. The highest BCUT2D eigenvalue weighted by molar-refractivity contribution is 6.33. The zero-order chi connectivity index (χ0) is 12.3. The van der Waals surface area contributed by atoms with Crippen LogP contribution >= 0.6 is 11.6 Å². The van der Waals surface area contributed by atoms with Crippen LogP contribution < -0.4 is 0 Å². The first-order valence-electron chi connectivity index (χ1n) is 5.36. The zero-order valence-corrected chi connectivity index (χ0v) is 10.1. The van der Waals surface area contributed by atoms with Gasteiger partial charge < -0.3 is 0 Å². The normalized spacial score (nSPS) is 10.2. The molecule has 0 aliphatic heterocycles. The van der Waals surface area contributed by atoms with Crippen molar-refractivity contribution in [3.05, 3.63) is 35.0 Å². The number of aromatic nitrogens is 3. The molecule has 2 aromatic rings. The van der Waals surface area contributed by atoms with Gasteiger partial charge in [-0.1, -0.05) is 41.9 Å². The lowest BCUT2D eigenvalue weighted by atomic mass is 10.1. The summed E-state index contributed by atoms with van der Waals surface area (Å²) in [6.45, 7) is 2.76. The molecule has 0 radical (unpaired) electrons. The number of nitrogens with zero attached hydrogens (tertiary/aromatic N) is 4. The van der Waals surface area contributed by atoms with Crippen molar-refractivity contribution in [1.29, 1.82) is 5.26 Å². The highest BCUT2D eigenvalue weighted by Gasteiger charge is 2.16. The van der Waals surface area contributed by atoms with Gasteiger partial charge in [0.2, 0.25) is 0 Å². The van der Waals surface area contributed by atoms with Crippen molar-refractivity contribution >= 4 is 11.6 Å². The lowest BCUT2D eigenvalue weighted by Crippen LogP contribution is -2.02. The average Bonchev–Trinajstić information content (AvgIpc) is 2.73. The van der Waals surface area contributed by atoms with E-state index >= 15 is 0 Å². The van der Waals surface area contributed by atoms with Crippen LogP contribution in [0.1, 0.15) is 19.0 Å². The van der Waals surface area contributed by atoms with Gasteiger partial charge in [0.25, 0.3) is 0 Å². The number of benzene rings is 1. The number of hydrogen-bond acceptors (Lipinski definition) is 3. The Labute approximate surface area is 104 Å². The van der Waals surface area contributed by atoms with Crippen molar-refractivity contribution in [2.45, 2.75) is 19.9 Å². The van der Waals surface area contributed by atoms with Gasteiger partial charge in [0.1, 0.15) is 11.8 Å². The van der Waals surface area contributed by atoms with E-state index in [4.69, 9.17) is 16.9 Å². The van der Waals surface area contributed by atoms with Gasteiger partial charge >= 0.3 is 0 Å². The van der Waals surface area contributed by atoms with Gasteiger partial charge in [0, 0.05) is 12.1 Å². The molecule has 0 fully saturated rings. The van der Waals surface area contributed by atoms with E-state index in [1.54, 1.807) is 10.7 Å². The molecular formula is C12H11ClN4. The van der Waals surface area contributed by atoms with Crippen LogP contribution in [0.2, 0.25) is 5.02 Å². The molecule has 0 spiro atoms. The Morgan fingerprint density at radius 2 is 2.18 bits per heavy atom. The van der Waals surface area contributed by atoms with E-state index in [0.717, 1.165) is 18.5 Å². The summed E-state index contributed by atoms with van der Waals surface area (Å²) in [5.74, 6) is 0. The predicted molar refractivity (Wildman–Crippen MR) is 65.5 cm³/mol. The Morgan fingerprint density at radius 3 is 2.82 bits per heavy atom. The zero-order valence-electron chi connectivity index (χ0n) is 9.39. The average molecular weight is 247 g/mol. The van der Waals surface area contributed by atoms with Crippen LogP contribution in [-0.2, 0) is 6.54 Å². The Hall–Kier alpha value is -1.86. The fraction of sp³-hybridized carbons (Fsp3) is 0.250. The lowest BCUT2D eigenvalue weighted by Gasteiger charge is -2.06. The third kappa shape index (κ3) is 2.15. The van der Waals surface area contributed by atoms with Crippen LogP contribution in [0.25, 0.3) is 11.3 Å². The van der Waals surface area contributed by atoms with Crippen LogP contribution in [0.15, 0.2) is 24.3 Å². The monoisotopic (exact) mass is 246 g/mol. The molecule has 86 valence electrons. The van der Waals surface area contributed by atoms with Gasteiger partial charge in [-0.2, -0.15) is 5.26 Å². The summed E-state index contributed by atoms with van der Waals surface area (Å²) in [5, 5.41) is 17.5. The van der Waals surface area contributed by atoms with E-state index < -0.39 is 0 Å². The Morgan fingerprint density at radius 1 is 1.41 bits per heavy atom. The largest absolute Gasteiger partial charge is 0.243 e. The third-order valence-corrected chi connectivity index (χ3v) is 2.73. The maximum absolute atomic E-state index is 9.04. The Bertz CT molecular complexity index is 568. The summed E-state index contributed by atoms with van der Waals surface area (Å²) in [6, 6.07) is 9.44. The molecular weight excluding hydrogens is 236 g/mol. The molecule has 5 heteroatoms. The second kappa shape index (κ2) is 4.98. The van der Waals surface area contributed by atoms with Crippen molar-refractivity contribution < 1.29 is 0 Å². The lowest BCUT2D eigenvalue weighted by molar-refractivity contribution is 0.584.